The highest BCUT2D eigenvalue weighted by atomic mass is 16.5. The summed E-state index contributed by atoms with van der Waals surface area (Å²) in [5, 5.41) is 9.15. The highest BCUT2D eigenvalue weighted by Gasteiger charge is 2.32. The Morgan fingerprint density at radius 3 is 2.18 bits per heavy atom. The molecule has 0 bridgehead atoms. The molecule has 0 aromatic heterocycles. The van der Waals surface area contributed by atoms with Crippen molar-refractivity contribution in [3.05, 3.63) is 0 Å². The third-order valence-electron chi connectivity index (χ3n) is 2.97. The zero-order valence-electron chi connectivity index (χ0n) is 11.7. The van der Waals surface area contributed by atoms with Gasteiger partial charge in [-0.15, -0.1) is 0 Å². The lowest BCUT2D eigenvalue weighted by molar-refractivity contribution is -0.150. The monoisotopic (exact) mass is 246 g/mol. The van der Waals surface area contributed by atoms with E-state index in [2.05, 4.69) is 0 Å². The van der Waals surface area contributed by atoms with Crippen molar-refractivity contribution in [3.8, 4) is 0 Å². The van der Waals surface area contributed by atoms with Crippen LogP contribution in [0.3, 0.4) is 0 Å². The number of carbonyl (C=O) groups is 1. The fraction of sp³-hybridized carbons (Fsp3) is 0.923. The van der Waals surface area contributed by atoms with Crippen LogP contribution in [-0.4, -0.2) is 36.5 Å². The van der Waals surface area contributed by atoms with Crippen molar-refractivity contribution in [2.24, 2.45) is 5.41 Å². The lowest BCUT2D eigenvalue weighted by Crippen LogP contribution is -2.31. The zero-order chi connectivity index (χ0) is 13.5. The van der Waals surface area contributed by atoms with Crippen molar-refractivity contribution >= 4 is 5.97 Å². The maximum absolute atomic E-state index is 11.1. The first-order chi connectivity index (χ1) is 7.81. The number of aliphatic carboxylic acids is 1. The number of ether oxygens (including phenoxy) is 2. The van der Waals surface area contributed by atoms with Crippen molar-refractivity contribution < 1.29 is 19.4 Å². The third kappa shape index (κ3) is 6.64. The molecule has 4 nitrogen and oxygen atoms in total. The lowest BCUT2D eigenvalue weighted by atomic mass is 9.82. The Balaban J connectivity index is 3.92. The summed E-state index contributed by atoms with van der Waals surface area (Å²) < 4.78 is 10.9. The van der Waals surface area contributed by atoms with Gasteiger partial charge in [0.15, 0.2) is 0 Å². The van der Waals surface area contributed by atoms with E-state index < -0.39 is 11.4 Å². The molecule has 0 saturated heterocycles. The van der Waals surface area contributed by atoms with E-state index in [9.17, 15) is 4.79 Å². The van der Waals surface area contributed by atoms with Gasteiger partial charge in [0.2, 0.25) is 0 Å². The highest BCUT2D eigenvalue weighted by Crippen LogP contribution is 2.28. The van der Waals surface area contributed by atoms with Gasteiger partial charge in [0.25, 0.3) is 0 Å². The van der Waals surface area contributed by atoms with Gasteiger partial charge in [-0.25, -0.2) is 0 Å². The van der Waals surface area contributed by atoms with Crippen LogP contribution in [0.1, 0.15) is 47.5 Å². The van der Waals surface area contributed by atoms with Crippen molar-refractivity contribution in [2.75, 3.05) is 13.2 Å². The van der Waals surface area contributed by atoms with Crippen molar-refractivity contribution in [3.63, 3.8) is 0 Å². The minimum absolute atomic E-state index is 0.0631. The third-order valence-corrected chi connectivity index (χ3v) is 2.97. The number of hydrogen-bond donors (Lipinski definition) is 1. The van der Waals surface area contributed by atoms with Gasteiger partial charge >= 0.3 is 5.97 Å². The van der Waals surface area contributed by atoms with Crippen LogP contribution >= 0.6 is 0 Å². The molecule has 0 amide bonds. The van der Waals surface area contributed by atoms with Crippen molar-refractivity contribution in [1.29, 1.82) is 0 Å². The molecule has 0 rings (SSSR count). The number of carboxylic acid groups (broad SMARTS) is 1. The van der Waals surface area contributed by atoms with Crippen LogP contribution in [0, 0.1) is 5.41 Å². The molecule has 0 aliphatic carbocycles. The van der Waals surface area contributed by atoms with E-state index in [0.29, 0.717) is 26.1 Å². The molecule has 0 saturated carbocycles. The van der Waals surface area contributed by atoms with Gasteiger partial charge in [0.05, 0.1) is 30.8 Å². The molecule has 0 aliphatic rings. The maximum atomic E-state index is 11.1. The van der Waals surface area contributed by atoms with Gasteiger partial charge in [0, 0.05) is 0 Å². The van der Waals surface area contributed by atoms with E-state index in [1.165, 1.54) is 0 Å². The van der Waals surface area contributed by atoms with E-state index >= 15 is 0 Å². The summed E-state index contributed by atoms with van der Waals surface area (Å²) in [6.07, 6.45) is 1.28. The average Bonchev–Trinajstić information content (AvgIpc) is 2.23. The number of hydrogen-bond acceptors (Lipinski definition) is 3. The molecule has 2 atom stereocenters. The van der Waals surface area contributed by atoms with E-state index in [4.69, 9.17) is 14.6 Å². The second-order valence-electron chi connectivity index (χ2n) is 5.02. The largest absolute Gasteiger partial charge is 0.481 e. The van der Waals surface area contributed by atoms with Crippen LogP contribution in [0.15, 0.2) is 0 Å². The van der Waals surface area contributed by atoms with Gasteiger partial charge in [0.1, 0.15) is 0 Å². The van der Waals surface area contributed by atoms with Crippen LogP contribution in [0.4, 0.5) is 0 Å². The van der Waals surface area contributed by atoms with E-state index in [1.807, 2.05) is 27.7 Å². The quantitative estimate of drug-likeness (QED) is 0.635. The van der Waals surface area contributed by atoms with Gasteiger partial charge < -0.3 is 14.6 Å². The summed E-state index contributed by atoms with van der Waals surface area (Å²) in [7, 11) is 0. The Kier molecular flexibility index (Phi) is 7.39. The molecular formula is C13H26O4. The summed E-state index contributed by atoms with van der Waals surface area (Å²) in [6.45, 7) is 10.6. The average molecular weight is 246 g/mol. The first-order valence-electron chi connectivity index (χ1n) is 6.28. The van der Waals surface area contributed by atoms with Crippen LogP contribution in [0.25, 0.3) is 0 Å². The molecule has 1 N–H and O–H groups in total. The molecule has 102 valence electrons. The summed E-state index contributed by atoms with van der Waals surface area (Å²) in [6, 6.07) is 0. The lowest BCUT2D eigenvalue weighted by Gasteiger charge is -2.26. The number of carboxylic acids is 1. The second-order valence-corrected chi connectivity index (χ2v) is 5.02. The van der Waals surface area contributed by atoms with Crippen LogP contribution in [0.2, 0.25) is 0 Å². The molecule has 0 fully saturated rings. The standard InChI is InChI=1S/C13H26O4/c1-6-13(5,12(14)15)9-11(4)17-8-7-16-10(2)3/h10-11H,6-9H2,1-5H3,(H,14,15). The normalized spacial score (nSPS) is 16.8. The van der Waals surface area contributed by atoms with Crippen molar-refractivity contribution in [1.82, 2.24) is 0 Å². The summed E-state index contributed by atoms with van der Waals surface area (Å²) >= 11 is 0. The van der Waals surface area contributed by atoms with Gasteiger partial charge in [-0.05, 0) is 40.5 Å². The molecule has 0 radical (unpaired) electrons. The molecule has 0 spiro atoms. The second kappa shape index (κ2) is 7.67. The molecule has 0 aromatic carbocycles. The number of rotatable bonds is 9. The Morgan fingerprint density at radius 2 is 1.76 bits per heavy atom. The van der Waals surface area contributed by atoms with Crippen molar-refractivity contribution in [2.45, 2.75) is 59.7 Å². The van der Waals surface area contributed by atoms with Gasteiger partial charge in [-0.1, -0.05) is 6.92 Å². The zero-order valence-corrected chi connectivity index (χ0v) is 11.7. The summed E-state index contributed by atoms with van der Waals surface area (Å²) in [4.78, 5) is 11.1. The molecular weight excluding hydrogens is 220 g/mol. The summed E-state index contributed by atoms with van der Waals surface area (Å²) in [5.74, 6) is -0.756. The fourth-order valence-corrected chi connectivity index (χ4v) is 1.61. The molecule has 0 heterocycles. The first kappa shape index (κ1) is 16.4. The van der Waals surface area contributed by atoms with Crippen LogP contribution < -0.4 is 0 Å². The molecule has 0 aromatic rings. The van der Waals surface area contributed by atoms with Gasteiger partial charge in [-0.2, -0.15) is 0 Å². The minimum Gasteiger partial charge on any atom is -0.481 e. The Bertz CT molecular complexity index is 227. The Hall–Kier alpha value is -0.610. The fourth-order valence-electron chi connectivity index (χ4n) is 1.61. The van der Waals surface area contributed by atoms with E-state index in [0.717, 1.165) is 0 Å². The summed E-state index contributed by atoms with van der Waals surface area (Å²) in [5.41, 5.74) is -0.696. The molecule has 2 unspecified atom stereocenters. The smallest absolute Gasteiger partial charge is 0.309 e. The van der Waals surface area contributed by atoms with E-state index in [1.54, 1.807) is 6.92 Å². The SMILES string of the molecule is CCC(C)(CC(C)OCCOC(C)C)C(=O)O. The topological polar surface area (TPSA) is 55.8 Å². The predicted molar refractivity (Wildman–Crippen MR) is 67.2 cm³/mol. The molecule has 4 heteroatoms. The van der Waals surface area contributed by atoms with Crippen LogP contribution in [-0.2, 0) is 14.3 Å². The van der Waals surface area contributed by atoms with E-state index in [-0.39, 0.29) is 12.2 Å². The highest BCUT2D eigenvalue weighted by molar-refractivity contribution is 5.74. The predicted octanol–water partition coefficient (Wildman–Crippen LogP) is 2.71. The Labute approximate surface area is 104 Å². The minimum atomic E-state index is -0.756. The Morgan fingerprint density at radius 1 is 1.24 bits per heavy atom. The van der Waals surface area contributed by atoms with Gasteiger partial charge in [-0.3, -0.25) is 4.79 Å². The first-order valence-corrected chi connectivity index (χ1v) is 6.28. The maximum Gasteiger partial charge on any atom is 0.309 e. The molecule has 17 heavy (non-hydrogen) atoms. The molecule has 0 aliphatic heterocycles. The van der Waals surface area contributed by atoms with Crippen LogP contribution in [0.5, 0.6) is 0 Å².